The number of allylic oxidation sites excluding steroid dienone is 1. The third-order valence-corrected chi connectivity index (χ3v) is 10.4. The van der Waals surface area contributed by atoms with Gasteiger partial charge in [0.05, 0.1) is 29.4 Å². The molecule has 2 aromatic heterocycles. The Labute approximate surface area is 293 Å². The zero-order valence-electron chi connectivity index (χ0n) is 26.9. The van der Waals surface area contributed by atoms with Gasteiger partial charge in [-0.05, 0) is 116 Å². The van der Waals surface area contributed by atoms with E-state index in [1.165, 1.54) is 11.3 Å². The van der Waals surface area contributed by atoms with Crippen molar-refractivity contribution in [1.29, 1.82) is 0 Å². The zero-order valence-corrected chi connectivity index (χ0v) is 28.5. The Bertz CT molecular complexity index is 2100. The molecule has 0 saturated heterocycles. The molecule has 2 N–H and O–H groups in total. The van der Waals surface area contributed by atoms with E-state index in [1.54, 1.807) is 31.4 Å². The van der Waals surface area contributed by atoms with Crippen molar-refractivity contribution >= 4 is 74.0 Å². The third kappa shape index (κ3) is 6.95. The molecule has 0 fully saturated rings. The van der Waals surface area contributed by atoms with Crippen molar-refractivity contribution in [2.75, 3.05) is 24.4 Å². The molecule has 2 heterocycles. The number of carbonyl (C=O) groups is 3. The molecule has 5 aromatic rings. The van der Waals surface area contributed by atoms with E-state index in [4.69, 9.17) is 26.1 Å². The van der Waals surface area contributed by atoms with Crippen LogP contribution in [0.5, 0.6) is 5.75 Å². The number of pyridine rings is 1. The van der Waals surface area contributed by atoms with Gasteiger partial charge in [-0.2, -0.15) is 0 Å². The fourth-order valence-electron chi connectivity index (χ4n) is 6.60. The normalized spacial score (nSPS) is 14.5. The average Bonchev–Trinajstić information content (AvgIpc) is 3.49. The van der Waals surface area contributed by atoms with Gasteiger partial charge in [0.15, 0.2) is 6.61 Å². The highest BCUT2D eigenvalue weighted by atomic mass is 35.5. The standard InChI is InChI=1S/C39H34ClN3O5S/c1-47-27-19-13-23(14-20-27)21-24-7-6-10-30-34(28-8-2-4-11-31(28)42-36(24)30)39(46)48-22-33(44)43-38-35(29-9-3-5-12-32(29)49-38)37(45)41-26-17-15-25(40)16-18-26/h2,4,8,11,13-21H,3,5-7,9-10,12,22H2,1H3,(H,41,45)(H,43,44)/b24-21-. The topological polar surface area (TPSA) is 107 Å². The van der Waals surface area contributed by atoms with Crippen molar-refractivity contribution in [2.24, 2.45) is 0 Å². The number of carbonyl (C=O) groups excluding carboxylic acids is 3. The minimum Gasteiger partial charge on any atom is -0.497 e. The van der Waals surface area contributed by atoms with Crippen LogP contribution in [0.15, 0.2) is 72.8 Å². The number of benzene rings is 3. The van der Waals surface area contributed by atoms with Crippen LogP contribution in [0.3, 0.4) is 0 Å². The summed E-state index contributed by atoms with van der Waals surface area (Å²) in [6.45, 7) is -0.500. The van der Waals surface area contributed by atoms with E-state index < -0.39 is 18.5 Å². The largest absolute Gasteiger partial charge is 0.497 e. The smallest absolute Gasteiger partial charge is 0.339 e. The Kier molecular flexibility index (Phi) is 9.46. The molecule has 49 heavy (non-hydrogen) atoms. The van der Waals surface area contributed by atoms with E-state index in [0.29, 0.717) is 44.2 Å². The second-order valence-corrected chi connectivity index (χ2v) is 13.7. The number of methoxy groups -OCH3 is 1. The van der Waals surface area contributed by atoms with Gasteiger partial charge in [0.2, 0.25) is 0 Å². The summed E-state index contributed by atoms with van der Waals surface area (Å²) in [5, 5.41) is 7.53. The monoisotopic (exact) mass is 691 g/mol. The Hall–Kier alpha value is -4.99. The molecule has 3 aromatic carbocycles. The minimum atomic E-state index is -0.582. The molecular formula is C39H34ClN3O5S. The van der Waals surface area contributed by atoms with Crippen LogP contribution in [0.25, 0.3) is 22.6 Å². The van der Waals surface area contributed by atoms with Crippen LogP contribution in [0, 0.1) is 0 Å². The summed E-state index contributed by atoms with van der Waals surface area (Å²) in [7, 11) is 1.64. The number of para-hydroxylation sites is 1. The van der Waals surface area contributed by atoms with Crippen molar-refractivity contribution in [2.45, 2.75) is 44.9 Å². The number of nitrogens with one attached hydrogen (secondary N) is 2. The first kappa shape index (κ1) is 32.6. The van der Waals surface area contributed by atoms with E-state index in [2.05, 4.69) is 16.7 Å². The second-order valence-electron chi connectivity index (χ2n) is 12.1. The van der Waals surface area contributed by atoms with Gasteiger partial charge in [-0.25, -0.2) is 9.78 Å². The number of anilines is 2. The number of hydrogen-bond acceptors (Lipinski definition) is 7. The van der Waals surface area contributed by atoms with Gasteiger partial charge in [0.25, 0.3) is 11.8 Å². The van der Waals surface area contributed by atoms with Gasteiger partial charge < -0.3 is 20.1 Å². The Balaban J connectivity index is 1.13. The molecule has 0 bridgehead atoms. The molecule has 0 spiro atoms. The average molecular weight is 692 g/mol. The lowest BCUT2D eigenvalue weighted by Gasteiger charge is -2.22. The first-order chi connectivity index (χ1) is 23.9. The number of fused-ring (bicyclic) bond motifs is 3. The Morgan fingerprint density at radius 2 is 1.61 bits per heavy atom. The summed E-state index contributed by atoms with van der Waals surface area (Å²) in [5.41, 5.74) is 6.78. The van der Waals surface area contributed by atoms with Crippen LogP contribution in [0.2, 0.25) is 5.02 Å². The summed E-state index contributed by atoms with van der Waals surface area (Å²) < 4.78 is 11.0. The highest BCUT2D eigenvalue weighted by molar-refractivity contribution is 7.17. The first-order valence-corrected chi connectivity index (χ1v) is 17.5. The van der Waals surface area contributed by atoms with Gasteiger partial charge in [0.1, 0.15) is 10.8 Å². The molecule has 248 valence electrons. The number of rotatable bonds is 8. The fourth-order valence-corrected chi connectivity index (χ4v) is 8.03. The third-order valence-electron chi connectivity index (χ3n) is 8.92. The maximum absolute atomic E-state index is 13.9. The van der Waals surface area contributed by atoms with Crippen molar-refractivity contribution in [1.82, 2.24) is 4.98 Å². The fraction of sp³-hybridized carbons (Fsp3) is 0.231. The predicted octanol–water partition coefficient (Wildman–Crippen LogP) is 8.76. The number of halogens is 1. The van der Waals surface area contributed by atoms with Gasteiger partial charge >= 0.3 is 5.97 Å². The molecule has 10 heteroatoms. The lowest BCUT2D eigenvalue weighted by Crippen LogP contribution is -2.24. The van der Waals surface area contributed by atoms with Gasteiger partial charge in [0, 0.05) is 21.0 Å². The van der Waals surface area contributed by atoms with Crippen molar-refractivity contribution in [3.05, 3.63) is 116 Å². The molecule has 0 aliphatic heterocycles. The van der Waals surface area contributed by atoms with Crippen molar-refractivity contribution in [3.63, 3.8) is 0 Å². The van der Waals surface area contributed by atoms with Crippen molar-refractivity contribution in [3.8, 4) is 5.75 Å². The molecule has 0 atom stereocenters. The number of ether oxygens (including phenoxy) is 2. The van der Waals surface area contributed by atoms with Gasteiger partial charge in [-0.15, -0.1) is 11.3 Å². The van der Waals surface area contributed by atoms with E-state index >= 15 is 0 Å². The summed E-state index contributed by atoms with van der Waals surface area (Å²) in [4.78, 5) is 46.8. The minimum absolute atomic E-state index is 0.303. The molecular weight excluding hydrogens is 658 g/mol. The summed E-state index contributed by atoms with van der Waals surface area (Å²) >= 11 is 7.43. The number of hydrogen-bond donors (Lipinski definition) is 2. The molecule has 0 saturated carbocycles. The molecule has 0 radical (unpaired) electrons. The van der Waals surface area contributed by atoms with Gasteiger partial charge in [-0.1, -0.05) is 41.9 Å². The van der Waals surface area contributed by atoms with Crippen LogP contribution >= 0.6 is 22.9 Å². The van der Waals surface area contributed by atoms with E-state index in [0.717, 1.165) is 77.1 Å². The lowest BCUT2D eigenvalue weighted by molar-refractivity contribution is -0.119. The second kappa shape index (κ2) is 14.2. The van der Waals surface area contributed by atoms with Gasteiger partial charge in [-0.3, -0.25) is 9.59 Å². The van der Waals surface area contributed by atoms with E-state index in [1.807, 2.05) is 48.5 Å². The first-order valence-electron chi connectivity index (χ1n) is 16.3. The van der Waals surface area contributed by atoms with Crippen LogP contribution < -0.4 is 15.4 Å². The molecule has 2 aliphatic carbocycles. The Morgan fingerprint density at radius 3 is 2.41 bits per heavy atom. The highest BCUT2D eigenvalue weighted by Crippen LogP contribution is 2.39. The molecule has 7 rings (SSSR count). The molecule has 2 amide bonds. The molecule has 0 unspecified atom stereocenters. The van der Waals surface area contributed by atoms with E-state index in [9.17, 15) is 14.4 Å². The number of aryl methyl sites for hydroxylation is 1. The molecule has 2 aliphatic rings. The number of thiophene rings is 1. The maximum Gasteiger partial charge on any atom is 0.339 e. The predicted molar refractivity (Wildman–Crippen MR) is 195 cm³/mol. The SMILES string of the molecule is COc1ccc(/C=C2/CCCc3c2nc2ccccc2c3C(=O)OCC(=O)Nc2sc3c(c2C(=O)Nc2ccc(Cl)cc2)CCCC3)cc1. The highest BCUT2D eigenvalue weighted by Gasteiger charge is 2.29. The molecule has 8 nitrogen and oxygen atoms in total. The van der Waals surface area contributed by atoms with Crippen LogP contribution in [0.1, 0.15) is 73.7 Å². The van der Waals surface area contributed by atoms with Crippen molar-refractivity contribution < 1.29 is 23.9 Å². The number of esters is 1. The summed E-state index contributed by atoms with van der Waals surface area (Å²) in [6, 6.07) is 22.2. The number of amides is 2. The quantitative estimate of drug-likeness (QED) is 0.158. The van der Waals surface area contributed by atoms with Crippen LogP contribution in [0.4, 0.5) is 10.7 Å². The summed E-state index contributed by atoms with van der Waals surface area (Å²) in [5.74, 6) is -0.621. The number of aromatic nitrogens is 1. The zero-order chi connectivity index (χ0) is 33.9. The number of nitrogens with zero attached hydrogens (tertiary/aromatic N) is 1. The lowest BCUT2D eigenvalue weighted by atomic mass is 9.86. The maximum atomic E-state index is 13.9. The van der Waals surface area contributed by atoms with E-state index in [-0.39, 0.29) is 5.91 Å². The van der Waals surface area contributed by atoms with Crippen LogP contribution in [-0.4, -0.2) is 36.5 Å². The summed E-state index contributed by atoms with van der Waals surface area (Å²) in [6.07, 6.45) is 8.03. The van der Waals surface area contributed by atoms with Crippen LogP contribution in [-0.2, 0) is 28.8 Å². The Morgan fingerprint density at radius 1 is 0.857 bits per heavy atom.